The maximum atomic E-state index is 12.8. The Morgan fingerprint density at radius 3 is 2.55 bits per heavy atom. The van der Waals surface area contributed by atoms with Crippen LogP contribution in [0.2, 0.25) is 0 Å². The molecular formula is C20H22BrN3O4S. The third-order valence-electron chi connectivity index (χ3n) is 4.88. The molecule has 1 atom stereocenters. The number of benzene rings is 2. The molecule has 0 saturated carbocycles. The molecule has 29 heavy (non-hydrogen) atoms. The Morgan fingerprint density at radius 1 is 1.21 bits per heavy atom. The average molecular weight is 480 g/mol. The minimum Gasteiger partial charge on any atom is -0.325 e. The van der Waals surface area contributed by atoms with Crippen LogP contribution in [0, 0.1) is 12.8 Å². The van der Waals surface area contributed by atoms with Crippen molar-refractivity contribution in [3.8, 4) is 0 Å². The predicted octanol–water partition coefficient (Wildman–Crippen LogP) is 3.00. The molecule has 1 aliphatic heterocycles. The molecule has 0 aliphatic carbocycles. The molecule has 1 aliphatic rings. The van der Waals surface area contributed by atoms with Crippen molar-refractivity contribution in [2.75, 3.05) is 30.9 Å². The molecule has 1 fully saturated rings. The number of rotatable bonds is 5. The zero-order valence-corrected chi connectivity index (χ0v) is 18.7. The smallest absolute Gasteiger partial charge is 0.242 e. The molecule has 1 N–H and O–H groups in total. The van der Waals surface area contributed by atoms with Crippen molar-refractivity contribution in [3.05, 3.63) is 52.5 Å². The number of carbonyl (C=O) groups is 2. The first-order valence-electron chi connectivity index (χ1n) is 9.00. The van der Waals surface area contributed by atoms with Crippen LogP contribution in [0.5, 0.6) is 0 Å². The van der Waals surface area contributed by atoms with E-state index in [0.717, 1.165) is 20.0 Å². The van der Waals surface area contributed by atoms with Gasteiger partial charge in [0.2, 0.25) is 21.8 Å². The summed E-state index contributed by atoms with van der Waals surface area (Å²) in [6.07, 6.45) is 0.0991. The van der Waals surface area contributed by atoms with Crippen molar-refractivity contribution >= 4 is 49.1 Å². The Morgan fingerprint density at radius 2 is 1.90 bits per heavy atom. The number of nitrogens with zero attached hydrogens (tertiary/aromatic N) is 2. The topological polar surface area (TPSA) is 86.8 Å². The molecule has 9 heteroatoms. The number of hydrogen-bond acceptors (Lipinski definition) is 4. The number of amides is 2. The van der Waals surface area contributed by atoms with E-state index in [4.69, 9.17) is 0 Å². The highest BCUT2D eigenvalue weighted by Gasteiger charge is 2.36. The number of sulfonamides is 1. The summed E-state index contributed by atoms with van der Waals surface area (Å²) < 4.78 is 26.6. The van der Waals surface area contributed by atoms with Gasteiger partial charge in [-0.15, -0.1) is 0 Å². The number of carbonyl (C=O) groups excluding carboxylic acids is 2. The minimum atomic E-state index is -3.61. The quantitative estimate of drug-likeness (QED) is 0.713. The first kappa shape index (κ1) is 21.5. The molecule has 0 bridgehead atoms. The molecule has 1 heterocycles. The molecule has 0 spiro atoms. The Kier molecular flexibility index (Phi) is 6.11. The van der Waals surface area contributed by atoms with E-state index < -0.39 is 15.9 Å². The van der Waals surface area contributed by atoms with Crippen molar-refractivity contribution < 1.29 is 18.0 Å². The summed E-state index contributed by atoms with van der Waals surface area (Å²) >= 11 is 3.44. The predicted molar refractivity (Wildman–Crippen MR) is 115 cm³/mol. The van der Waals surface area contributed by atoms with Gasteiger partial charge in [0, 0.05) is 37.2 Å². The van der Waals surface area contributed by atoms with Crippen LogP contribution in [0.25, 0.3) is 0 Å². The average Bonchev–Trinajstić information content (AvgIpc) is 3.05. The third kappa shape index (κ3) is 4.36. The van der Waals surface area contributed by atoms with Gasteiger partial charge < -0.3 is 10.2 Å². The Labute approximate surface area is 178 Å². The highest BCUT2D eigenvalue weighted by molar-refractivity contribution is 9.10. The van der Waals surface area contributed by atoms with Crippen LogP contribution in [0.1, 0.15) is 12.0 Å². The summed E-state index contributed by atoms with van der Waals surface area (Å²) in [5.41, 5.74) is 1.89. The van der Waals surface area contributed by atoms with Crippen LogP contribution in [0.4, 0.5) is 11.4 Å². The van der Waals surface area contributed by atoms with E-state index in [9.17, 15) is 18.0 Å². The van der Waals surface area contributed by atoms with E-state index in [1.807, 2.05) is 24.3 Å². The standard InChI is InChI=1S/C20H22BrN3O4S/c1-13-8-9-15(29(27,28)23(2)3)11-17(13)22-20(26)14-10-19(25)24(12-14)18-7-5-4-6-16(18)21/h4-9,11,14H,10,12H2,1-3H3,(H,22,26). The van der Waals surface area contributed by atoms with Gasteiger partial charge in [-0.2, -0.15) is 0 Å². The molecule has 154 valence electrons. The van der Waals surface area contributed by atoms with Crippen molar-refractivity contribution in [2.24, 2.45) is 5.92 Å². The highest BCUT2D eigenvalue weighted by atomic mass is 79.9. The molecule has 2 amide bonds. The highest BCUT2D eigenvalue weighted by Crippen LogP contribution is 2.32. The summed E-state index contributed by atoms with van der Waals surface area (Å²) in [5, 5.41) is 2.80. The first-order chi connectivity index (χ1) is 13.6. The second kappa shape index (κ2) is 8.25. The van der Waals surface area contributed by atoms with Gasteiger partial charge in [-0.05, 0) is 52.7 Å². The Balaban J connectivity index is 1.79. The van der Waals surface area contributed by atoms with Gasteiger partial charge in [-0.1, -0.05) is 18.2 Å². The number of halogens is 1. The summed E-state index contributed by atoms with van der Waals surface area (Å²) in [4.78, 5) is 27.0. The summed E-state index contributed by atoms with van der Waals surface area (Å²) in [5.74, 6) is -0.962. The van der Waals surface area contributed by atoms with E-state index in [0.29, 0.717) is 5.69 Å². The Bertz CT molecular complexity index is 1070. The second-order valence-corrected chi connectivity index (χ2v) is 10.1. The number of nitrogens with one attached hydrogen (secondary N) is 1. The number of aryl methyl sites for hydroxylation is 1. The second-order valence-electron chi connectivity index (χ2n) is 7.11. The molecule has 1 saturated heterocycles. The van der Waals surface area contributed by atoms with Crippen LogP contribution in [-0.2, 0) is 19.6 Å². The van der Waals surface area contributed by atoms with Crippen molar-refractivity contribution in [3.63, 3.8) is 0 Å². The fraction of sp³-hybridized carbons (Fsp3) is 0.300. The lowest BCUT2D eigenvalue weighted by Gasteiger charge is -2.18. The van der Waals surface area contributed by atoms with E-state index in [2.05, 4.69) is 21.2 Å². The van der Waals surface area contributed by atoms with Gasteiger partial charge in [0.15, 0.2) is 0 Å². The number of anilines is 2. The zero-order chi connectivity index (χ0) is 21.3. The van der Waals surface area contributed by atoms with E-state index >= 15 is 0 Å². The molecule has 0 aromatic heterocycles. The molecular weight excluding hydrogens is 458 g/mol. The van der Waals surface area contributed by atoms with Crippen molar-refractivity contribution in [2.45, 2.75) is 18.2 Å². The lowest BCUT2D eigenvalue weighted by Crippen LogP contribution is -2.28. The molecule has 2 aromatic rings. The van der Waals surface area contributed by atoms with Gasteiger partial charge in [0.1, 0.15) is 0 Å². The monoisotopic (exact) mass is 479 g/mol. The first-order valence-corrected chi connectivity index (χ1v) is 11.2. The summed E-state index contributed by atoms with van der Waals surface area (Å²) in [6, 6.07) is 12.0. The minimum absolute atomic E-state index is 0.0979. The molecule has 2 aromatic carbocycles. The fourth-order valence-electron chi connectivity index (χ4n) is 3.13. The number of hydrogen-bond donors (Lipinski definition) is 1. The largest absolute Gasteiger partial charge is 0.325 e. The molecule has 1 unspecified atom stereocenters. The van der Waals surface area contributed by atoms with E-state index in [1.54, 1.807) is 17.9 Å². The summed E-state index contributed by atoms with van der Waals surface area (Å²) in [6.45, 7) is 2.05. The van der Waals surface area contributed by atoms with Crippen LogP contribution in [0.3, 0.4) is 0 Å². The molecule has 7 nitrogen and oxygen atoms in total. The van der Waals surface area contributed by atoms with Crippen LogP contribution in [-0.4, -0.2) is 45.2 Å². The van der Waals surface area contributed by atoms with E-state index in [1.165, 1.54) is 26.2 Å². The van der Waals surface area contributed by atoms with Gasteiger partial charge >= 0.3 is 0 Å². The van der Waals surface area contributed by atoms with Gasteiger partial charge in [0.25, 0.3) is 0 Å². The number of para-hydroxylation sites is 1. The SMILES string of the molecule is Cc1ccc(S(=O)(=O)N(C)C)cc1NC(=O)C1CC(=O)N(c2ccccc2Br)C1. The lowest BCUT2D eigenvalue weighted by atomic mass is 10.1. The van der Waals surface area contributed by atoms with Crippen molar-refractivity contribution in [1.29, 1.82) is 0 Å². The van der Waals surface area contributed by atoms with Gasteiger partial charge in [0.05, 0.1) is 16.5 Å². The molecule has 0 radical (unpaired) electrons. The van der Waals surface area contributed by atoms with Gasteiger partial charge in [-0.3, -0.25) is 9.59 Å². The maximum absolute atomic E-state index is 12.8. The van der Waals surface area contributed by atoms with Crippen molar-refractivity contribution in [1.82, 2.24) is 4.31 Å². The van der Waals surface area contributed by atoms with Crippen LogP contribution < -0.4 is 10.2 Å². The lowest BCUT2D eigenvalue weighted by molar-refractivity contribution is -0.122. The third-order valence-corrected chi connectivity index (χ3v) is 7.37. The molecule has 3 rings (SSSR count). The van der Waals surface area contributed by atoms with Crippen LogP contribution in [0.15, 0.2) is 51.8 Å². The fourth-order valence-corrected chi connectivity index (χ4v) is 4.56. The summed E-state index contributed by atoms with van der Waals surface area (Å²) in [7, 11) is -0.710. The Hall–Kier alpha value is -2.23. The van der Waals surface area contributed by atoms with Crippen LogP contribution >= 0.6 is 15.9 Å². The maximum Gasteiger partial charge on any atom is 0.242 e. The van der Waals surface area contributed by atoms with Gasteiger partial charge in [-0.25, -0.2) is 12.7 Å². The zero-order valence-electron chi connectivity index (χ0n) is 16.3. The normalized spacial score (nSPS) is 17.1. The van der Waals surface area contributed by atoms with E-state index in [-0.39, 0.29) is 29.7 Å².